The van der Waals surface area contributed by atoms with E-state index >= 15 is 0 Å². The Morgan fingerprint density at radius 1 is 1.14 bits per heavy atom. The van der Waals surface area contributed by atoms with Gasteiger partial charge in [-0.15, -0.1) is 0 Å². The molecule has 156 valence electrons. The van der Waals surface area contributed by atoms with Crippen molar-refractivity contribution in [3.05, 3.63) is 59.2 Å². The van der Waals surface area contributed by atoms with Crippen LogP contribution in [0.3, 0.4) is 0 Å². The zero-order chi connectivity index (χ0) is 20.8. The van der Waals surface area contributed by atoms with Gasteiger partial charge in [0.2, 0.25) is 0 Å². The van der Waals surface area contributed by atoms with E-state index in [1.54, 1.807) is 6.92 Å². The van der Waals surface area contributed by atoms with E-state index < -0.39 is 6.10 Å². The molecule has 5 heteroatoms. The summed E-state index contributed by atoms with van der Waals surface area (Å²) in [6.45, 7) is 8.44. The van der Waals surface area contributed by atoms with Crippen LogP contribution in [0.2, 0.25) is 0 Å². The third-order valence-corrected chi connectivity index (χ3v) is 5.59. The molecular formula is C24H32N2O3. The maximum Gasteiger partial charge on any atom is 0.261 e. The fraction of sp³-hybridized carbons (Fsp3) is 0.458. The quantitative estimate of drug-likeness (QED) is 0.772. The standard InChI is InChI=1S/C24H32N2O3/c1-17-6-5-7-23(18(17)2)28-19(3)24(27)25-16-20-8-10-21(11-9-20)29-22-12-14-26(4)15-13-22/h5-11,19,22H,12-16H2,1-4H3,(H,25,27)/t19-/m1/s1. The molecular weight excluding hydrogens is 364 g/mol. The van der Waals surface area contributed by atoms with Crippen LogP contribution in [-0.4, -0.2) is 43.2 Å². The maximum absolute atomic E-state index is 12.4. The lowest BCUT2D eigenvalue weighted by Gasteiger charge is -2.29. The van der Waals surface area contributed by atoms with Crippen LogP contribution in [0.15, 0.2) is 42.5 Å². The molecule has 0 unspecified atom stereocenters. The summed E-state index contributed by atoms with van der Waals surface area (Å²) in [6.07, 6.45) is 1.86. The Balaban J connectivity index is 1.46. The third-order valence-electron chi connectivity index (χ3n) is 5.59. The molecule has 1 aliphatic heterocycles. The smallest absolute Gasteiger partial charge is 0.261 e. The van der Waals surface area contributed by atoms with Crippen LogP contribution in [0, 0.1) is 13.8 Å². The van der Waals surface area contributed by atoms with Crippen molar-refractivity contribution in [1.29, 1.82) is 0 Å². The van der Waals surface area contributed by atoms with Crippen molar-refractivity contribution >= 4 is 5.91 Å². The van der Waals surface area contributed by atoms with Crippen molar-refractivity contribution in [2.24, 2.45) is 0 Å². The van der Waals surface area contributed by atoms with Crippen LogP contribution >= 0.6 is 0 Å². The Morgan fingerprint density at radius 2 is 1.83 bits per heavy atom. The monoisotopic (exact) mass is 396 g/mol. The number of nitrogens with zero attached hydrogens (tertiary/aromatic N) is 1. The van der Waals surface area contributed by atoms with E-state index in [0.29, 0.717) is 12.6 Å². The van der Waals surface area contributed by atoms with E-state index in [4.69, 9.17) is 9.47 Å². The van der Waals surface area contributed by atoms with Gasteiger partial charge in [-0.2, -0.15) is 0 Å². The van der Waals surface area contributed by atoms with Gasteiger partial charge in [0.25, 0.3) is 5.91 Å². The van der Waals surface area contributed by atoms with E-state index in [9.17, 15) is 4.79 Å². The molecule has 1 heterocycles. The molecule has 1 fully saturated rings. The highest BCUT2D eigenvalue weighted by Crippen LogP contribution is 2.22. The van der Waals surface area contributed by atoms with Gasteiger partial charge in [0.15, 0.2) is 6.10 Å². The molecule has 0 spiro atoms. The number of ether oxygens (including phenoxy) is 2. The first-order valence-corrected chi connectivity index (χ1v) is 10.4. The SMILES string of the molecule is Cc1cccc(O[C@H](C)C(=O)NCc2ccc(OC3CCN(C)CC3)cc2)c1C. The summed E-state index contributed by atoms with van der Waals surface area (Å²) >= 11 is 0. The number of nitrogens with one attached hydrogen (secondary N) is 1. The summed E-state index contributed by atoms with van der Waals surface area (Å²) in [5.74, 6) is 1.52. The normalized spacial score (nSPS) is 16.3. The first-order chi connectivity index (χ1) is 13.9. The van der Waals surface area contributed by atoms with Gasteiger partial charge in [-0.3, -0.25) is 4.79 Å². The topological polar surface area (TPSA) is 50.8 Å². The van der Waals surface area contributed by atoms with E-state index in [2.05, 4.69) is 17.3 Å². The number of carbonyl (C=O) groups is 1. The van der Waals surface area contributed by atoms with Gasteiger partial charge >= 0.3 is 0 Å². The van der Waals surface area contributed by atoms with Crippen molar-refractivity contribution in [1.82, 2.24) is 10.2 Å². The molecule has 29 heavy (non-hydrogen) atoms. The Bertz CT molecular complexity index is 811. The number of aryl methyl sites for hydroxylation is 1. The molecule has 1 amide bonds. The van der Waals surface area contributed by atoms with Crippen molar-refractivity contribution < 1.29 is 14.3 Å². The number of amides is 1. The largest absolute Gasteiger partial charge is 0.490 e. The molecule has 1 aliphatic rings. The summed E-state index contributed by atoms with van der Waals surface area (Å²) in [5, 5.41) is 2.95. The first-order valence-electron chi connectivity index (χ1n) is 10.4. The zero-order valence-corrected chi connectivity index (χ0v) is 17.9. The van der Waals surface area contributed by atoms with Crippen LogP contribution in [0.1, 0.15) is 36.5 Å². The minimum absolute atomic E-state index is 0.127. The number of hydrogen-bond acceptors (Lipinski definition) is 4. The number of rotatable bonds is 7. The molecule has 1 atom stereocenters. The fourth-order valence-corrected chi connectivity index (χ4v) is 3.41. The number of piperidine rings is 1. The molecule has 3 rings (SSSR count). The second kappa shape index (κ2) is 9.79. The molecule has 0 bridgehead atoms. The van der Waals surface area contributed by atoms with Gasteiger partial charge < -0.3 is 19.7 Å². The van der Waals surface area contributed by atoms with Crippen molar-refractivity contribution in [2.75, 3.05) is 20.1 Å². The molecule has 1 N–H and O–H groups in total. The van der Waals surface area contributed by atoms with Crippen molar-refractivity contribution in [3.63, 3.8) is 0 Å². The summed E-state index contributed by atoms with van der Waals surface area (Å²) in [5.41, 5.74) is 3.25. The minimum atomic E-state index is -0.553. The highest BCUT2D eigenvalue weighted by atomic mass is 16.5. The van der Waals surface area contributed by atoms with Gasteiger partial charge in [-0.05, 0) is 75.5 Å². The minimum Gasteiger partial charge on any atom is -0.490 e. The predicted molar refractivity (Wildman–Crippen MR) is 115 cm³/mol. The van der Waals surface area contributed by atoms with Gasteiger partial charge in [-0.1, -0.05) is 24.3 Å². The Morgan fingerprint density at radius 3 is 2.52 bits per heavy atom. The van der Waals surface area contributed by atoms with Gasteiger partial charge in [-0.25, -0.2) is 0 Å². The maximum atomic E-state index is 12.4. The molecule has 5 nitrogen and oxygen atoms in total. The lowest BCUT2D eigenvalue weighted by molar-refractivity contribution is -0.127. The summed E-state index contributed by atoms with van der Waals surface area (Å²) in [7, 11) is 2.15. The zero-order valence-electron chi connectivity index (χ0n) is 17.9. The Kier molecular flexibility index (Phi) is 7.15. The highest BCUT2D eigenvalue weighted by Gasteiger charge is 2.18. The highest BCUT2D eigenvalue weighted by molar-refractivity contribution is 5.80. The number of carbonyl (C=O) groups excluding carboxylic acids is 1. The molecule has 0 aliphatic carbocycles. The molecule has 1 saturated heterocycles. The van der Waals surface area contributed by atoms with E-state index in [1.807, 2.05) is 56.3 Å². The van der Waals surface area contributed by atoms with Gasteiger partial charge in [0.05, 0.1) is 0 Å². The molecule has 0 saturated carbocycles. The Hall–Kier alpha value is -2.53. The van der Waals surface area contributed by atoms with Crippen LogP contribution in [-0.2, 0) is 11.3 Å². The van der Waals surface area contributed by atoms with E-state index in [1.165, 1.54) is 0 Å². The van der Waals surface area contributed by atoms with Crippen LogP contribution in [0.25, 0.3) is 0 Å². The fourth-order valence-electron chi connectivity index (χ4n) is 3.41. The average molecular weight is 397 g/mol. The van der Waals surface area contributed by atoms with Crippen LogP contribution in [0.5, 0.6) is 11.5 Å². The Labute approximate surface area is 174 Å². The van der Waals surface area contributed by atoms with E-state index in [0.717, 1.165) is 54.1 Å². The average Bonchev–Trinajstić information content (AvgIpc) is 2.72. The number of benzene rings is 2. The van der Waals surface area contributed by atoms with E-state index in [-0.39, 0.29) is 5.91 Å². The molecule has 2 aromatic carbocycles. The summed E-state index contributed by atoms with van der Waals surface area (Å²) < 4.78 is 11.9. The van der Waals surface area contributed by atoms with Crippen molar-refractivity contribution in [3.8, 4) is 11.5 Å². The summed E-state index contributed by atoms with van der Waals surface area (Å²) in [6, 6.07) is 13.8. The van der Waals surface area contributed by atoms with Gasteiger partial charge in [0, 0.05) is 19.6 Å². The number of hydrogen-bond donors (Lipinski definition) is 1. The predicted octanol–water partition coefficient (Wildman–Crippen LogP) is 3.86. The summed E-state index contributed by atoms with van der Waals surface area (Å²) in [4.78, 5) is 14.7. The lowest BCUT2D eigenvalue weighted by atomic mass is 10.1. The second-order valence-corrected chi connectivity index (χ2v) is 7.94. The first kappa shape index (κ1) is 21.2. The van der Waals surface area contributed by atoms with Crippen LogP contribution in [0.4, 0.5) is 0 Å². The molecule has 0 radical (unpaired) electrons. The lowest BCUT2D eigenvalue weighted by Crippen LogP contribution is -2.36. The van der Waals surface area contributed by atoms with Crippen LogP contribution < -0.4 is 14.8 Å². The van der Waals surface area contributed by atoms with Crippen molar-refractivity contribution in [2.45, 2.75) is 52.4 Å². The van der Waals surface area contributed by atoms with Gasteiger partial charge in [0.1, 0.15) is 17.6 Å². The molecule has 0 aromatic heterocycles. The third kappa shape index (κ3) is 5.97. The second-order valence-electron chi connectivity index (χ2n) is 7.94. The number of likely N-dealkylation sites (tertiary alicyclic amines) is 1. The molecule has 2 aromatic rings.